The Morgan fingerprint density at radius 1 is 1.50 bits per heavy atom. The van der Waals surface area contributed by atoms with Gasteiger partial charge in [0.05, 0.1) is 17.5 Å². The smallest absolute Gasteiger partial charge is 0.0612 e. The Labute approximate surface area is 114 Å². The molecule has 0 amide bonds. The summed E-state index contributed by atoms with van der Waals surface area (Å²) in [5.74, 6) is 0. The number of hydrogen-bond acceptors (Lipinski definition) is 3. The summed E-state index contributed by atoms with van der Waals surface area (Å²) in [6.45, 7) is 1.91. The predicted molar refractivity (Wildman–Crippen MR) is 77.3 cm³/mol. The van der Waals surface area contributed by atoms with E-state index in [-0.39, 0.29) is 0 Å². The van der Waals surface area contributed by atoms with Crippen molar-refractivity contribution in [2.45, 2.75) is 31.8 Å². The fourth-order valence-corrected chi connectivity index (χ4v) is 2.56. The lowest BCUT2D eigenvalue weighted by molar-refractivity contribution is 0.103. The number of halogens is 1. The summed E-state index contributed by atoms with van der Waals surface area (Å²) < 4.78 is 5.62. The summed E-state index contributed by atoms with van der Waals surface area (Å²) in [4.78, 5) is 2.16. The lowest BCUT2D eigenvalue weighted by atomic mass is 10.1. The van der Waals surface area contributed by atoms with Crippen LogP contribution in [0.25, 0.3) is 0 Å². The Bertz CT molecular complexity index is 391. The number of rotatable bonds is 5. The van der Waals surface area contributed by atoms with Crippen LogP contribution in [0.1, 0.15) is 25.7 Å². The molecule has 1 fully saturated rings. The first kappa shape index (κ1) is 13.5. The monoisotopic (exact) mass is 268 g/mol. The zero-order chi connectivity index (χ0) is 13.0. The molecule has 2 rings (SSSR count). The minimum atomic E-state index is 0.468. The largest absolute Gasteiger partial charge is 0.397 e. The molecule has 1 atom stereocenters. The minimum absolute atomic E-state index is 0.468. The van der Waals surface area contributed by atoms with E-state index >= 15 is 0 Å². The van der Waals surface area contributed by atoms with Crippen LogP contribution in [-0.4, -0.2) is 26.3 Å². The van der Waals surface area contributed by atoms with Crippen molar-refractivity contribution in [3.05, 3.63) is 23.2 Å². The fraction of sp³-hybridized carbons (Fsp3) is 0.571. The van der Waals surface area contributed by atoms with Crippen molar-refractivity contribution in [2.75, 3.05) is 30.8 Å². The van der Waals surface area contributed by atoms with E-state index in [4.69, 9.17) is 22.1 Å². The molecule has 0 aliphatic carbocycles. The van der Waals surface area contributed by atoms with E-state index in [9.17, 15) is 0 Å². The molecule has 1 unspecified atom stereocenters. The Morgan fingerprint density at radius 2 is 2.33 bits per heavy atom. The van der Waals surface area contributed by atoms with E-state index in [1.165, 1.54) is 12.8 Å². The Morgan fingerprint density at radius 3 is 3.06 bits per heavy atom. The standard InChI is InChI=1S/C14H21ClN2O/c1-17(8-2-4-12-5-3-9-18-12)14-10-11(15)6-7-13(14)16/h6-7,10,12H,2-5,8-9,16H2,1H3. The van der Waals surface area contributed by atoms with Gasteiger partial charge >= 0.3 is 0 Å². The molecule has 1 aliphatic heterocycles. The van der Waals surface area contributed by atoms with Crippen molar-refractivity contribution in [2.24, 2.45) is 0 Å². The van der Waals surface area contributed by atoms with Crippen molar-refractivity contribution in [3.8, 4) is 0 Å². The van der Waals surface area contributed by atoms with Crippen molar-refractivity contribution in [1.29, 1.82) is 0 Å². The summed E-state index contributed by atoms with van der Waals surface area (Å²) in [5.41, 5.74) is 7.75. The van der Waals surface area contributed by atoms with Crippen LogP contribution in [0.2, 0.25) is 5.02 Å². The van der Waals surface area contributed by atoms with Gasteiger partial charge in [0, 0.05) is 25.2 Å². The molecule has 0 spiro atoms. The van der Waals surface area contributed by atoms with E-state index in [1.807, 2.05) is 18.2 Å². The van der Waals surface area contributed by atoms with Gasteiger partial charge < -0.3 is 15.4 Å². The highest BCUT2D eigenvalue weighted by atomic mass is 35.5. The molecule has 100 valence electrons. The Balaban J connectivity index is 1.83. The van der Waals surface area contributed by atoms with E-state index in [0.717, 1.165) is 42.4 Å². The van der Waals surface area contributed by atoms with Gasteiger partial charge in [-0.25, -0.2) is 0 Å². The third-order valence-electron chi connectivity index (χ3n) is 3.45. The molecule has 0 saturated carbocycles. The quantitative estimate of drug-likeness (QED) is 0.833. The Kier molecular flexibility index (Phi) is 4.72. The number of anilines is 2. The van der Waals surface area contributed by atoms with Gasteiger partial charge in [-0.15, -0.1) is 0 Å². The molecule has 0 bridgehead atoms. The van der Waals surface area contributed by atoms with Crippen molar-refractivity contribution >= 4 is 23.0 Å². The third kappa shape index (κ3) is 3.53. The third-order valence-corrected chi connectivity index (χ3v) is 3.68. The summed E-state index contributed by atoms with van der Waals surface area (Å²) in [7, 11) is 2.05. The van der Waals surface area contributed by atoms with Crippen LogP contribution in [0.15, 0.2) is 18.2 Å². The first-order chi connectivity index (χ1) is 8.66. The second-order valence-corrected chi connectivity index (χ2v) is 5.34. The summed E-state index contributed by atoms with van der Waals surface area (Å²) in [5, 5.41) is 0.727. The van der Waals surface area contributed by atoms with Gasteiger partial charge in [-0.2, -0.15) is 0 Å². The first-order valence-corrected chi connectivity index (χ1v) is 6.92. The van der Waals surface area contributed by atoms with Crippen LogP contribution in [-0.2, 0) is 4.74 Å². The molecular weight excluding hydrogens is 248 g/mol. The number of nitrogens with zero attached hydrogens (tertiary/aromatic N) is 1. The molecule has 2 N–H and O–H groups in total. The maximum absolute atomic E-state index is 6.00. The van der Waals surface area contributed by atoms with Gasteiger partial charge in [-0.1, -0.05) is 11.6 Å². The normalized spacial score (nSPS) is 19.1. The number of nitrogen functional groups attached to an aromatic ring is 1. The average Bonchev–Trinajstić information content (AvgIpc) is 2.85. The highest BCUT2D eigenvalue weighted by Gasteiger charge is 2.15. The second kappa shape index (κ2) is 6.30. The van der Waals surface area contributed by atoms with Crippen LogP contribution < -0.4 is 10.6 Å². The number of nitrogens with two attached hydrogens (primary N) is 1. The molecule has 1 aromatic carbocycles. The molecular formula is C14H21ClN2O. The summed E-state index contributed by atoms with van der Waals surface area (Å²) >= 11 is 6.00. The zero-order valence-electron chi connectivity index (χ0n) is 10.9. The highest BCUT2D eigenvalue weighted by molar-refractivity contribution is 6.31. The lowest BCUT2D eigenvalue weighted by Crippen LogP contribution is -2.21. The van der Waals surface area contributed by atoms with Crippen LogP contribution in [0.5, 0.6) is 0 Å². The molecule has 0 radical (unpaired) electrons. The molecule has 0 aromatic heterocycles. The van der Waals surface area contributed by atoms with Gasteiger partial charge in [-0.05, 0) is 43.9 Å². The van der Waals surface area contributed by atoms with Gasteiger partial charge in [-0.3, -0.25) is 0 Å². The SMILES string of the molecule is CN(CCCC1CCCO1)c1cc(Cl)ccc1N. The van der Waals surface area contributed by atoms with Crippen molar-refractivity contribution in [1.82, 2.24) is 0 Å². The van der Waals surface area contributed by atoms with E-state index in [2.05, 4.69) is 11.9 Å². The van der Waals surface area contributed by atoms with E-state index in [0.29, 0.717) is 6.10 Å². The minimum Gasteiger partial charge on any atom is -0.397 e. The zero-order valence-corrected chi connectivity index (χ0v) is 11.6. The average molecular weight is 269 g/mol. The molecule has 3 nitrogen and oxygen atoms in total. The van der Waals surface area contributed by atoms with Gasteiger partial charge in [0.25, 0.3) is 0 Å². The van der Waals surface area contributed by atoms with Crippen LogP contribution >= 0.6 is 11.6 Å². The van der Waals surface area contributed by atoms with Gasteiger partial charge in [0.1, 0.15) is 0 Å². The summed E-state index contributed by atoms with van der Waals surface area (Å²) in [6.07, 6.45) is 5.14. The fourth-order valence-electron chi connectivity index (χ4n) is 2.40. The topological polar surface area (TPSA) is 38.5 Å². The molecule has 1 aromatic rings. The van der Waals surface area contributed by atoms with Crippen molar-refractivity contribution in [3.63, 3.8) is 0 Å². The maximum atomic E-state index is 6.00. The van der Waals surface area contributed by atoms with Crippen LogP contribution in [0.4, 0.5) is 11.4 Å². The molecule has 1 saturated heterocycles. The molecule has 4 heteroatoms. The number of benzene rings is 1. The predicted octanol–water partition coefficient (Wildman–Crippen LogP) is 3.32. The molecule has 18 heavy (non-hydrogen) atoms. The second-order valence-electron chi connectivity index (χ2n) is 4.90. The summed E-state index contributed by atoms with van der Waals surface area (Å²) in [6, 6.07) is 5.60. The number of hydrogen-bond donors (Lipinski definition) is 1. The number of ether oxygens (including phenoxy) is 1. The first-order valence-electron chi connectivity index (χ1n) is 6.54. The van der Waals surface area contributed by atoms with Crippen LogP contribution in [0, 0.1) is 0 Å². The highest BCUT2D eigenvalue weighted by Crippen LogP contribution is 2.26. The van der Waals surface area contributed by atoms with E-state index < -0.39 is 0 Å². The van der Waals surface area contributed by atoms with Gasteiger partial charge in [0.2, 0.25) is 0 Å². The maximum Gasteiger partial charge on any atom is 0.0612 e. The Hall–Kier alpha value is -0.930. The lowest BCUT2D eigenvalue weighted by Gasteiger charge is -2.22. The van der Waals surface area contributed by atoms with Gasteiger partial charge in [0.15, 0.2) is 0 Å². The van der Waals surface area contributed by atoms with Crippen LogP contribution in [0.3, 0.4) is 0 Å². The van der Waals surface area contributed by atoms with E-state index in [1.54, 1.807) is 0 Å². The molecule has 1 aliphatic rings. The molecule has 1 heterocycles. The van der Waals surface area contributed by atoms with Crippen molar-refractivity contribution < 1.29 is 4.74 Å².